The van der Waals surface area contributed by atoms with E-state index >= 15 is 0 Å². The topological polar surface area (TPSA) is 64.2 Å². The van der Waals surface area contributed by atoms with Crippen LogP contribution in [0.25, 0.3) is 5.69 Å². The van der Waals surface area contributed by atoms with Gasteiger partial charge in [0.1, 0.15) is 0 Å². The first-order chi connectivity index (χ1) is 9.66. The van der Waals surface area contributed by atoms with E-state index in [1.54, 1.807) is 12.1 Å². The summed E-state index contributed by atoms with van der Waals surface area (Å²) >= 11 is 0. The molecule has 3 rings (SSSR count). The van der Waals surface area contributed by atoms with Crippen molar-refractivity contribution >= 4 is 11.6 Å². The van der Waals surface area contributed by atoms with Gasteiger partial charge in [-0.15, -0.1) is 0 Å². The van der Waals surface area contributed by atoms with Crippen LogP contribution in [0.1, 0.15) is 18.5 Å². The first-order valence-electron chi connectivity index (χ1n) is 6.71. The zero-order valence-corrected chi connectivity index (χ0v) is 11.3. The number of imidazole rings is 1. The Morgan fingerprint density at radius 3 is 2.45 bits per heavy atom. The van der Waals surface area contributed by atoms with Gasteiger partial charge in [0.2, 0.25) is 5.95 Å². The van der Waals surface area contributed by atoms with E-state index in [9.17, 15) is 10.1 Å². The Hall–Kier alpha value is -2.37. The SMILES string of the molecule is Cc1cnc(N2CCCC2)n1-c1ccc([N+](=O)[O-])cc1. The maximum Gasteiger partial charge on any atom is 0.269 e. The molecule has 104 valence electrons. The first kappa shape index (κ1) is 12.7. The number of nitrogens with zero attached hydrogens (tertiary/aromatic N) is 4. The molecule has 6 heteroatoms. The van der Waals surface area contributed by atoms with Crippen LogP contribution in [0.15, 0.2) is 30.5 Å². The Morgan fingerprint density at radius 1 is 1.20 bits per heavy atom. The maximum absolute atomic E-state index is 10.7. The fourth-order valence-corrected chi connectivity index (χ4v) is 2.61. The van der Waals surface area contributed by atoms with Crippen LogP contribution in [-0.4, -0.2) is 27.6 Å². The number of hydrogen-bond donors (Lipinski definition) is 0. The smallest absolute Gasteiger partial charge is 0.269 e. The Morgan fingerprint density at radius 2 is 1.85 bits per heavy atom. The molecule has 1 aliphatic rings. The maximum atomic E-state index is 10.7. The quantitative estimate of drug-likeness (QED) is 0.636. The zero-order valence-electron chi connectivity index (χ0n) is 11.3. The van der Waals surface area contributed by atoms with E-state index in [0.717, 1.165) is 30.4 Å². The van der Waals surface area contributed by atoms with Crippen molar-refractivity contribution in [3.05, 3.63) is 46.3 Å². The molecule has 0 radical (unpaired) electrons. The average molecular weight is 272 g/mol. The highest BCUT2D eigenvalue weighted by atomic mass is 16.6. The minimum Gasteiger partial charge on any atom is -0.342 e. The van der Waals surface area contributed by atoms with Crippen LogP contribution in [0.4, 0.5) is 11.6 Å². The lowest BCUT2D eigenvalue weighted by Gasteiger charge is -2.19. The Labute approximate surface area is 116 Å². The lowest BCUT2D eigenvalue weighted by atomic mass is 10.2. The van der Waals surface area contributed by atoms with Gasteiger partial charge in [0, 0.05) is 36.6 Å². The molecule has 20 heavy (non-hydrogen) atoms. The van der Waals surface area contributed by atoms with Gasteiger partial charge >= 0.3 is 0 Å². The van der Waals surface area contributed by atoms with Crippen LogP contribution in [0.3, 0.4) is 0 Å². The van der Waals surface area contributed by atoms with Crippen LogP contribution >= 0.6 is 0 Å². The highest BCUT2D eigenvalue weighted by molar-refractivity contribution is 5.49. The van der Waals surface area contributed by atoms with Gasteiger partial charge in [0.25, 0.3) is 5.69 Å². The normalized spacial score (nSPS) is 14.8. The third-order valence-electron chi connectivity index (χ3n) is 3.63. The molecule has 1 aliphatic heterocycles. The molecule has 1 aromatic carbocycles. The Kier molecular flexibility index (Phi) is 3.14. The van der Waals surface area contributed by atoms with Crippen molar-refractivity contribution < 1.29 is 4.92 Å². The molecule has 2 heterocycles. The summed E-state index contributed by atoms with van der Waals surface area (Å²) in [6.45, 7) is 4.03. The van der Waals surface area contributed by atoms with Crippen molar-refractivity contribution in [2.45, 2.75) is 19.8 Å². The van der Waals surface area contributed by atoms with E-state index in [-0.39, 0.29) is 10.6 Å². The summed E-state index contributed by atoms with van der Waals surface area (Å²) in [5.74, 6) is 0.925. The Bertz CT molecular complexity index is 627. The lowest BCUT2D eigenvalue weighted by molar-refractivity contribution is -0.384. The average Bonchev–Trinajstić information content (AvgIpc) is 3.07. The molecule has 1 aromatic heterocycles. The van der Waals surface area contributed by atoms with Crippen LogP contribution in [0, 0.1) is 17.0 Å². The predicted octanol–water partition coefficient (Wildman–Crippen LogP) is 2.69. The molecule has 2 aromatic rings. The number of aryl methyl sites for hydroxylation is 1. The number of hydrogen-bond acceptors (Lipinski definition) is 4. The number of rotatable bonds is 3. The molecule has 6 nitrogen and oxygen atoms in total. The molecule has 0 amide bonds. The van der Waals surface area contributed by atoms with Gasteiger partial charge in [-0.25, -0.2) is 4.98 Å². The highest BCUT2D eigenvalue weighted by Gasteiger charge is 2.19. The second-order valence-electron chi connectivity index (χ2n) is 5.00. The highest BCUT2D eigenvalue weighted by Crippen LogP contribution is 2.25. The molecule has 1 saturated heterocycles. The van der Waals surface area contributed by atoms with Crippen LogP contribution in [0.2, 0.25) is 0 Å². The zero-order chi connectivity index (χ0) is 14.1. The summed E-state index contributed by atoms with van der Waals surface area (Å²) in [5, 5.41) is 10.7. The van der Waals surface area contributed by atoms with Crippen molar-refractivity contribution in [1.82, 2.24) is 9.55 Å². The van der Waals surface area contributed by atoms with Crippen molar-refractivity contribution in [3.63, 3.8) is 0 Å². The van der Waals surface area contributed by atoms with E-state index in [4.69, 9.17) is 0 Å². The molecule has 0 aliphatic carbocycles. The summed E-state index contributed by atoms with van der Waals surface area (Å²) in [4.78, 5) is 17.1. The van der Waals surface area contributed by atoms with Crippen molar-refractivity contribution in [1.29, 1.82) is 0 Å². The second-order valence-corrected chi connectivity index (χ2v) is 5.00. The van der Waals surface area contributed by atoms with Crippen LogP contribution in [-0.2, 0) is 0 Å². The molecule has 0 unspecified atom stereocenters. The van der Waals surface area contributed by atoms with Gasteiger partial charge in [0.05, 0.1) is 11.1 Å². The molecular formula is C14H16N4O2. The minimum absolute atomic E-state index is 0.106. The molecule has 1 fully saturated rings. The van der Waals surface area contributed by atoms with Crippen LogP contribution < -0.4 is 4.90 Å². The summed E-state index contributed by atoms with van der Waals surface area (Å²) in [6, 6.07) is 6.60. The third kappa shape index (κ3) is 2.13. The van der Waals surface area contributed by atoms with E-state index < -0.39 is 0 Å². The molecule has 0 spiro atoms. The number of anilines is 1. The van der Waals surface area contributed by atoms with Gasteiger partial charge in [-0.05, 0) is 31.9 Å². The number of nitro groups is 1. The molecule has 0 saturated carbocycles. The standard InChI is InChI=1S/C14H16N4O2/c1-11-10-15-14(16-8-2-3-9-16)17(11)12-4-6-13(7-5-12)18(19)20/h4-7,10H,2-3,8-9H2,1H3. The van der Waals surface area contributed by atoms with Crippen molar-refractivity contribution in [2.75, 3.05) is 18.0 Å². The van der Waals surface area contributed by atoms with E-state index in [1.807, 2.05) is 13.1 Å². The van der Waals surface area contributed by atoms with Gasteiger partial charge in [-0.2, -0.15) is 0 Å². The molecule has 0 bridgehead atoms. The molecule has 0 atom stereocenters. The van der Waals surface area contributed by atoms with Gasteiger partial charge < -0.3 is 4.90 Å². The third-order valence-corrected chi connectivity index (χ3v) is 3.63. The van der Waals surface area contributed by atoms with Crippen LogP contribution in [0.5, 0.6) is 0 Å². The summed E-state index contributed by atoms with van der Waals surface area (Å²) in [6.07, 6.45) is 4.22. The molecule has 0 N–H and O–H groups in total. The first-order valence-corrected chi connectivity index (χ1v) is 6.71. The predicted molar refractivity (Wildman–Crippen MR) is 76.4 cm³/mol. The lowest BCUT2D eigenvalue weighted by Crippen LogP contribution is -2.22. The summed E-state index contributed by atoms with van der Waals surface area (Å²) in [5.41, 5.74) is 2.04. The second kappa shape index (κ2) is 4.96. The minimum atomic E-state index is -0.383. The van der Waals surface area contributed by atoms with Gasteiger partial charge in [-0.1, -0.05) is 0 Å². The monoisotopic (exact) mass is 272 g/mol. The fraction of sp³-hybridized carbons (Fsp3) is 0.357. The Balaban J connectivity index is 2.00. The fourth-order valence-electron chi connectivity index (χ4n) is 2.61. The van der Waals surface area contributed by atoms with E-state index in [1.165, 1.54) is 25.0 Å². The largest absolute Gasteiger partial charge is 0.342 e. The van der Waals surface area contributed by atoms with Crippen molar-refractivity contribution in [3.8, 4) is 5.69 Å². The van der Waals surface area contributed by atoms with E-state index in [0.29, 0.717) is 0 Å². The van der Waals surface area contributed by atoms with Crippen molar-refractivity contribution in [2.24, 2.45) is 0 Å². The van der Waals surface area contributed by atoms with Gasteiger partial charge in [-0.3, -0.25) is 14.7 Å². The molecular weight excluding hydrogens is 256 g/mol. The van der Waals surface area contributed by atoms with E-state index in [2.05, 4.69) is 14.5 Å². The number of nitro benzene ring substituents is 1. The number of non-ortho nitro benzene ring substituents is 1. The number of benzene rings is 1. The summed E-state index contributed by atoms with van der Waals surface area (Å²) in [7, 11) is 0. The number of aromatic nitrogens is 2. The summed E-state index contributed by atoms with van der Waals surface area (Å²) < 4.78 is 2.05. The van der Waals surface area contributed by atoms with Gasteiger partial charge in [0.15, 0.2) is 0 Å².